The SMILES string of the molecule is C[C@H](Sc1nc2sc3c(c2c(=O)n1C[C@H]1CCCO1)CCCC3)C(N)=O. The first-order valence-electron chi connectivity index (χ1n) is 9.17. The molecule has 26 heavy (non-hydrogen) atoms. The van der Waals surface area contributed by atoms with Crippen LogP contribution in [-0.2, 0) is 28.9 Å². The van der Waals surface area contributed by atoms with Gasteiger partial charge in [-0.2, -0.15) is 0 Å². The molecule has 2 atom stereocenters. The molecule has 0 saturated carbocycles. The van der Waals surface area contributed by atoms with Crippen molar-refractivity contribution in [3.05, 3.63) is 20.8 Å². The Balaban J connectivity index is 1.83. The van der Waals surface area contributed by atoms with E-state index in [1.165, 1.54) is 28.6 Å². The molecular weight excluding hydrogens is 370 g/mol. The molecule has 1 amide bonds. The number of thioether (sulfide) groups is 1. The number of carbonyl (C=O) groups excluding carboxylic acids is 1. The standard InChI is InChI=1S/C18H23N3O3S2/c1-10(15(19)22)25-18-20-16-14(12-6-2-3-7-13(12)26-16)17(23)21(18)9-11-5-4-8-24-11/h10-11H,2-9H2,1H3,(H2,19,22)/t10-,11+/m0/s1. The number of nitrogens with zero attached hydrogens (tertiary/aromatic N) is 2. The lowest BCUT2D eigenvalue weighted by Gasteiger charge is -2.17. The topological polar surface area (TPSA) is 87.2 Å². The number of carbonyl (C=O) groups is 1. The van der Waals surface area contributed by atoms with Crippen LogP contribution in [0.3, 0.4) is 0 Å². The maximum absolute atomic E-state index is 13.4. The summed E-state index contributed by atoms with van der Waals surface area (Å²) in [5.41, 5.74) is 6.62. The molecule has 0 bridgehead atoms. The van der Waals surface area contributed by atoms with Crippen LogP contribution in [0.25, 0.3) is 10.2 Å². The lowest BCUT2D eigenvalue weighted by molar-refractivity contribution is -0.117. The average molecular weight is 394 g/mol. The third-order valence-corrected chi connectivity index (χ3v) is 7.43. The fourth-order valence-corrected chi connectivity index (χ4v) is 5.85. The van der Waals surface area contributed by atoms with Gasteiger partial charge in [0.15, 0.2) is 5.16 Å². The number of rotatable bonds is 5. The third-order valence-electron chi connectivity index (χ3n) is 5.13. The van der Waals surface area contributed by atoms with Crippen LogP contribution in [0.1, 0.15) is 43.0 Å². The van der Waals surface area contributed by atoms with Crippen LogP contribution in [0.4, 0.5) is 0 Å². The van der Waals surface area contributed by atoms with E-state index >= 15 is 0 Å². The maximum Gasteiger partial charge on any atom is 0.263 e. The lowest BCUT2D eigenvalue weighted by Crippen LogP contribution is -2.30. The second-order valence-corrected chi connectivity index (χ2v) is 9.39. The van der Waals surface area contributed by atoms with Crippen LogP contribution in [0.2, 0.25) is 0 Å². The van der Waals surface area contributed by atoms with Crippen molar-refractivity contribution in [1.29, 1.82) is 0 Å². The molecule has 1 saturated heterocycles. The second kappa shape index (κ2) is 7.32. The molecule has 2 aliphatic rings. The molecule has 1 aliphatic carbocycles. The fraction of sp³-hybridized carbons (Fsp3) is 0.611. The minimum Gasteiger partial charge on any atom is -0.376 e. The van der Waals surface area contributed by atoms with Crippen LogP contribution < -0.4 is 11.3 Å². The Morgan fingerprint density at radius 2 is 2.23 bits per heavy atom. The summed E-state index contributed by atoms with van der Waals surface area (Å²) < 4.78 is 7.45. The van der Waals surface area contributed by atoms with Gasteiger partial charge in [0.1, 0.15) is 4.83 Å². The van der Waals surface area contributed by atoms with Crippen molar-refractivity contribution < 1.29 is 9.53 Å². The van der Waals surface area contributed by atoms with Gasteiger partial charge in [-0.05, 0) is 51.0 Å². The zero-order valence-corrected chi connectivity index (χ0v) is 16.5. The highest BCUT2D eigenvalue weighted by Gasteiger charge is 2.26. The minimum absolute atomic E-state index is 0.00377. The van der Waals surface area contributed by atoms with Gasteiger partial charge < -0.3 is 10.5 Å². The summed E-state index contributed by atoms with van der Waals surface area (Å²) in [4.78, 5) is 31.8. The Labute approximate surface area is 160 Å². The molecule has 2 aromatic heterocycles. The highest BCUT2D eigenvalue weighted by Crippen LogP contribution is 2.35. The lowest BCUT2D eigenvalue weighted by atomic mass is 9.97. The van der Waals surface area contributed by atoms with Crippen molar-refractivity contribution >= 4 is 39.2 Å². The van der Waals surface area contributed by atoms with Gasteiger partial charge in [-0.1, -0.05) is 11.8 Å². The first-order chi connectivity index (χ1) is 12.5. The van der Waals surface area contributed by atoms with E-state index in [-0.39, 0.29) is 11.7 Å². The third kappa shape index (κ3) is 3.30. The van der Waals surface area contributed by atoms with Gasteiger partial charge in [-0.15, -0.1) is 11.3 Å². The largest absolute Gasteiger partial charge is 0.376 e. The molecule has 140 valence electrons. The molecule has 2 N–H and O–H groups in total. The van der Waals surface area contributed by atoms with Crippen LogP contribution in [0, 0.1) is 0 Å². The summed E-state index contributed by atoms with van der Waals surface area (Å²) in [5, 5.41) is 0.909. The first kappa shape index (κ1) is 18.0. The number of nitrogens with two attached hydrogens (primary N) is 1. The Bertz CT molecular complexity index is 899. The van der Waals surface area contributed by atoms with E-state index in [0.29, 0.717) is 11.7 Å². The molecule has 1 fully saturated rings. The Morgan fingerprint density at radius 3 is 2.96 bits per heavy atom. The van der Waals surface area contributed by atoms with Gasteiger partial charge in [-0.25, -0.2) is 4.98 Å². The van der Waals surface area contributed by atoms with Gasteiger partial charge in [0.2, 0.25) is 5.91 Å². The first-order valence-corrected chi connectivity index (χ1v) is 10.9. The number of ether oxygens (including phenoxy) is 1. The quantitative estimate of drug-likeness (QED) is 0.623. The number of fused-ring (bicyclic) bond motifs is 3. The predicted octanol–water partition coefficient (Wildman–Crippen LogP) is 2.48. The average Bonchev–Trinajstić information content (AvgIpc) is 3.25. The summed E-state index contributed by atoms with van der Waals surface area (Å²) >= 11 is 2.89. The van der Waals surface area contributed by atoms with Gasteiger partial charge in [-0.3, -0.25) is 14.2 Å². The van der Waals surface area contributed by atoms with E-state index < -0.39 is 11.2 Å². The van der Waals surface area contributed by atoms with Crippen molar-refractivity contribution in [2.75, 3.05) is 6.61 Å². The molecule has 3 heterocycles. The minimum atomic E-state index is -0.440. The van der Waals surface area contributed by atoms with Crippen molar-refractivity contribution in [2.45, 2.75) is 68.5 Å². The molecule has 2 aromatic rings. The van der Waals surface area contributed by atoms with Gasteiger partial charge in [0.05, 0.1) is 23.3 Å². The number of hydrogen-bond donors (Lipinski definition) is 1. The van der Waals surface area contributed by atoms with E-state index in [0.717, 1.165) is 48.9 Å². The second-order valence-electron chi connectivity index (χ2n) is 7.00. The van der Waals surface area contributed by atoms with Gasteiger partial charge in [0.25, 0.3) is 5.56 Å². The molecule has 6 nitrogen and oxygen atoms in total. The summed E-state index contributed by atoms with van der Waals surface area (Å²) in [7, 11) is 0. The van der Waals surface area contributed by atoms with Crippen molar-refractivity contribution in [2.24, 2.45) is 5.73 Å². The van der Waals surface area contributed by atoms with Crippen LogP contribution >= 0.6 is 23.1 Å². The van der Waals surface area contributed by atoms with Crippen molar-refractivity contribution in [1.82, 2.24) is 9.55 Å². The predicted molar refractivity (Wildman–Crippen MR) is 104 cm³/mol. The van der Waals surface area contributed by atoms with Gasteiger partial charge in [0, 0.05) is 11.5 Å². The molecule has 4 rings (SSSR count). The van der Waals surface area contributed by atoms with Crippen LogP contribution in [0.5, 0.6) is 0 Å². The summed E-state index contributed by atoms with van der Waals surface area (Å²) in [6.45, 7) is 2.97. The zero-order valence-electron chi connectivity index (χ0n) is 14.8. The highest BCUT2D eigenvalue weighted by molar-refractivity contribution is 8.00. The number of hydrogen-bond acceptors (Lipinski definition) is 6. The van der Waals surface area contributed by atoms with E-state index in [1.807, 2.05) is 0 Å². The smallest absolute Gasteiger partial charge is 0.263 e. The molecule has 0 aromatic carbocycles. The van der Waals surface area contributed by atoms with Crippen molar-refractivity contribution in [3.8, 4) is 0 Å². The van der Waals surface area contributed by atoms with Crippen molar-refractivity contribution in [3.63, 3.8) is 0 Å². The molecule has 8 heteroatoms. The summed E-state index contributed by atoms with van der Waals surface area (Å²) in [5.74, 6) is -0.404. The monoisotopic (exact) mass is 393 g/mol. The summed E-state index contributed by atoms with van der Waals surface area (Å²) in [6.07, 6.45) is 6.27. The molecule has 1 aliphatic heterocycles. The number of thiophene rings is 1. The van der Waals surface area contributed by atoms with Gasteiger partial charge >= 0.3 is 0 Å². The molecule has 0 radical (unpaired) electrons. The number of aromatic nitrogens is 2. The fourth-order valence-electron chi connectivity index (χ4n) is 3.68. The number of amides is 1. The highest BCUT2D eigenvalue weighted by atomic mass is 32.2. The molecule has 0 spiro atoms. The summed E-state index contributed by atoms with van der Waals surface area (Å²) in [6, 6.07) is 0. The molecule has 0 unspecified atom stereocenters. The number of primary amides is 1. The van der Waals surface area contributed by atoms with Crippen LogP contribution in [-0.4, -0.2) is 33.4 Å². The van der Waals surface area contributed by atoms with E-state index in [1.54, 1.807) is 22.8 Å². The maximum atomic E-state index is 13.4. The van der Waals surface area contributed by atoms with E-state index in [9.17, 15) is 9.59 Å². The Kier molecular flexibility index (Phi) is 5.07. The van der Waals surface area contributed by atoms with Crippen LogP contribution in [0.15, 0.2) is 9.95 Å². The van der Waals surface area contributed by atoms with E-state index in [4.69, 9.17) is 15.5 Å². The normalized spacial score (nSPS) is 21.0. The van der Waals surface area contributed by atoms with E-state index in [2.05, 4.69) is 0 Å². The number of aryl methyl sites for hydroxylation is 2. The Hall–Kier alpha value is -1.38. The Morgan fingerprint density at radius 1 is 1.42 bits per heavy atom. The molecular formula is C18H23N3O3S2. The zero-order chi connectivity index (χ0) is 18.3.